The number of piperazine rings is 1. The zero-order valence-electron chi connectivity index (χ0n) is 21.2. The summed E-state index contributed by atoms with van der Waals surface area (Å²) in [5, 5.41) is 3.55. The predicted octanol–water partition coefficient (Wildman–Crippen LogP) is 4.21. The number of carbonyl (C=O) groups excluding carboxylic acids is 3. The molecule has 0 aromatic heterocycles. The molecule has 0 spiro atoms. The summed E-state index contributed by atoms with van der Waals surface area (Å²) in [7, 11) is 0. The average Bonchev–Trinajstić information content (AvgIpc) is 3.55. The van der Waals surface area contributed by atoms with Gasteiger partial charge in [-0.2, -0.15) is 0 Å². The van der Waals surface area contributed by atoms with E-state index in [1.165, 1.54) is 12.8 Å². The summed E-state index contributed by atoms with van der Waals surface area (Å²) in [6, 6.07) is 3.93. The average molecular weight is 503 g/mol. The summed E-state index contributed by atoms with van der Waals surface area (Å²) in [5.74, 6) is 0.445. The fourth-order valence-electron chi connectivity index (χ4n) is 5.74. The second-order valence-corrected chi connectivity index (χ2v) is 10.9. The molecule has 3 fully saturated rings. The van der Waals surface area contributed by atoms with Crippen molar-refractivity contribution in [2.45, 2.75) is 77.8 Å². The molecule has 8 heteroatoms. The van der Waals surface area contributed by atoms with Crippen molar-refractivity contribution in [3.05, 3.63) is 28.3 Å². The highest BCUT2D eigenvalue weighted by molar-refractivity contribution is 6.31. The summed E-state index contributed by atoms with van der Waals surface area (Å²) in [5.41, 5.74) is 2.77. The van der Waals surface area contributed by atoms with Crippen molar-refractivity contribution in [1.29, 1.82) is 0 Å². The second kappa shape index (κ2) is 11.7. The van der Waals surface area contributed by atoms with Crippen LogP contribution in [-0.4, -0.2) is 71.2 Å². The molecule has 0 unspecified atom stereocenters. The van der Waals surface area contributed by atoms with Gasteiger partial charge in [0.15, 0.2) is 0 Å². The van der Waals surface area contributed by atoms with E-state index in [-0.39, 0.29) is 36.6 Å². The van der Waals surface area contributed by atoms with Crippen LogP contribution in [0.2, 0.25) is 5.02 Å². The molecule has 1 aromatic rings. The number of carbonyl (C=O) groups is 3. The normalized spacial score (nSPS) is 21.5. The van der Waals surface area contributed by atoms with E-state index in [2.05, 4.69) is 22.0 Å². The van der Waals surface area contributed by atoms with E-state index in [4.69, 9.17) is 11.6 Å². The van der Waals surface area contributed by atoms with Crippen LogP contribution in [0.3, 0.4) is 0 Å². The van der Waals surface area contributed by atoms with Gasteiger partial charge in [-0.05, 0) is 62.8 Å². The molecule has 1 N–H and O–H groups in total. The maximum Gasteiger partial charge on any atom is 0.226 e. The first-order valence-corrected chi connectivity index (χ1v) is 13.6. The van der Waals surface area contributed by atoms with E-state index in [0.717, 1.165) is 76.1 Å². The first-order valence-electron chi connectivity index (χ1n) is 13.2. The predicted molar refractivity (Wildman–Crippen MR) is 138 cm³/mol. The quantitative estimate of drug-likeness (QED) is 0.606. The lowest BCUT2D eigenvalue weighted by molar-refractivity contribution is -0.140. The molecule has 4 rings (SSSR count). The topological polar surface area (TPSA) is 73.0 Å². The zero-order chi connectivity index (χ0) is 24.9. The highest BCUT2D eigenvalue weighted by Gasteiger charge is 2.33. The van der Waals surface area contributed by atoms with E-state index in [1.54, 1.807) is 6.07 Å². The summed E-state index contributed by atoms with van der Waals surface area (Å²) in [6.07, 6.45) is 6.92. The molecule has 0 bridgehead atoms. The molecule has 1 aromatic carbocycles. The minimum Gasteiger partial charge on any atom is -0.343 e. The molecule has 1 aliphatic carbocycles. The molecule has 2 heterocycles. The maximum atomic E-state index is 12.9. The summed E-state index contributed by atoms with van der Waals surface area (Å²) < 4.78 is 0. The lowest BCUT2D eigenvalue weighted by Gasteiger charge is -2.41. The molecule has 3 amide bonds. The number of amides is 3. The molecule has 1 atom stereocenters. The monoisotopic (exact) mass is 502 g/mol. The van der Waals surface area contributed by atoms with Gasteiger partial charge in [-0.1, -0.05) is 24.4 Å². The van der Waals surface area contributed by atoms with Crippen molar-refractivity contribution >= 4 is 35.0 Å². The van der Waals surface area contributed by atoms with Crippen LogP contribution in [0.5, 0.6) is 0 Å². The summed E-state index contributed by atoms with van der Waals surface area (Å²) >= 11 is 6.42. The van der Waals surface area contributed by atoms with Crippen LogP contribution in [0, 0.1) is 12.8 Å². The molecule has 1 saturated carbocycles. The van der Waals surface area contributed by atoms with Gasteiger partial charge in [0, 0.05) is 74.8 Å². The highest BCUT2D eigenvalue weighted by Crippen LogP contribution is 2.30. The fourth-order valence-corrected chi connectivity index (χ4v) is 5.98. The molecule has 7 nitrogen and oxygen atoms in total. The van der Waals surface area contributed by atoms with Crippen molar-refractivity contribution in [1.82, 2.24) is 14.7 Å². The molecule has 3 aliphatic rings. The molecule has 192 valence electrons. The summed E-state index contributed by atoms with van der Waals surface area (Å²) in [6.45, 7) is 8.87. The number of hydrogen-bond donors (Lipinski definition) is 1. The van der Waals surface area contributed by atoms with Crippen molar-refractivity contribution in [3.8, 4) is 0 Å². The number of nitrogens with zero attached hydrogens (tertiary/aromatic N) is 3. The van der Waals surface area contributed by atoms with Crippen molar-refractivity contribution < 1.29 is 14.4 Å². The van der Waals surface area contributed by atoms with Gasteiger partial charge in [0.25, 0.3) is 0 Å². The number of benzene rings is 1. The zero-order valence-corrected chi connectivity index (χ0v) is 21.9. The molecule has 0 radical (unpaired) electrons. The molecule has 2 saturated heterocycles. The van der Waals surface area contributed by atoms with Gasteiger partial charge in [0.2, 0.25) is 17.7 Å². The standard InChI is InChI=1S/C27H39ClN4O3/c1-19-17-30(13-14-32(19)27(35)21-7-3-4-8-21)18-22-15-23(28)16-24(20(22)2)29-25(33)9-10-26(34)31-11-5-6-12-31/h15-16,19,21H,3-14,17-18H2,1-2H3,(H,29,33)/t19-/m0/s1. The second-order valence-electron chi connectivity index (χ2n) is 10.5. The number of anilines is 1. The number of rotatable bonds is 7. The lowest BCUT2D eigenvalue weighted by atomic mass is 10.0. The van der Waals surface area contributed by atoms with Crippen LogP contribution in [-0.2, 0) is 20.9 Å². The molecule has 2 aliphatic heterocycles. The van der Waals surface area contributed by atoms with E-state index >= 15 is 0 Å². The Bertz CT molecular complexity index is 941. The third-order valence-corrected chi connectivity index (χ3v) is 8.09. The van der Waals surface area contributed by atoms with E-state index < -0.39 is 0 Å². The van der Waals surface area contributed by atoms with Crippen molar-refractivity contribution in [3.63, 3.8) is 0 Å². The minimum absolute atomic E-state index is 0.0563. The summed E-state index contributed by atoms with van der Waals surface area (Å²) in [4.78, 5) is 44.0. The number of likely N-dealkylation sites (tertiary alicyclic amines) is 1. The highest BCUT2D eigenvalue weighted by atomic mass is 35.5. The Morgan fingerprint density at radius 1 is 1.00 bits per heavy atom. The van der Waals surface area contributed by atoms with Gasteiger partial charge in [0.1, 0.15) is 0 Å². The Labute approximate surface area is 214 Å². The van der Waals surface area contributed by atoms with E-state index in [1.807, 2.05) is 17.9 Å². The first-order chi connectivity index (χ1) is 16.8. The largest absolute Gasteiger partial charge is 0.343 e. The Balaban J connectivity index is 1.32. The van der Waals surface area contributed by atoms with Gasteiger partial charge in [-0.15, -0.1) is 0 Å². The van der Waals surface area contributed by atoms with Gasteiger partial charge in [-0.25, -0.2) is 0 Å². The lowest BCUT2D eigenvalue weighted by Crippen LogP contribution is -2.54. The number of nitrogens with one attached hydrogen (secondary N) is 1. The van der Waals surface area contributed by atoms with Gasteiger partial charge in [-0.3, -0.25) is 19.3 Å². The van der Waals surface area contributed by atoms with Crippen LogP contribution < -0.4 is 5.32 Å². The molecular formula is C27H39ClN4O3. The third kappa shape index (κ3) is 6.56. The van der Waals surface area contributed by atoms with Crippen LogP contribution >= 0.6 is 11.6 Å². The fraction of sp³-hybridized carbons (Fsp3) is 0.667. The Morgan fingerprint density at radius 3 is 2.40 bits per heavy atom. The van der Waals surface area contributed by atoms with Crippen molar-refractivity contribution in [2.75, 3.05) is 38.0 Å². The van der Waals surface area contributed by atoms with Crippen LogP contribution in [0.1, 0.15) is 69.4 Å². The third-order valence-electron chi connectivity index (χ3n) is 7.87. The van der Waals surface area contributed by atoms with Gasteiger partial charge >= 0.3 is 0 Å². The maximum absolute atomic E-state index is 12.9. The Morgan fingerprint density at radius 2 is 1.71 bits per heavy atom. The van der Waals surface area contributed by atoms with Crippen LogP contribution in [0.4, 0.5) is 5.69 Å². The van der Waals surface area contributed by atoms with Crippen molar-refractivity contribution in [2.24, 2.45) is 5.92 Å². The van der Waals surface area contributed by atoms with Gasteiger partial charge < -0.3 is 15.1 Å². The number of halogens is 1. The minimum atomic E-state index is -0.165. The Hall–Kier alpha value is -2.12. The van der Waals surface area contributed by atoms with Crippen LogP contribution in [0.15, 0.2) is 12.1 Å². The van der Waals surface area contributed by atoms with E-state index in [9.17, 15) is 14.4 Å². The molecular weight excluding hydrogens is 464 g/mol. The first kappa shape index (κ1) is 26.0. The van der Waals surface area contributed by atoms with E-state index in [0.29, 0.717) is 16.6 Å². The smallest absolute Gasteiger partial charge is 0.226 e. The number of hydrogen-bond acceptors (Lipinski definition) is 4. The van der Waals surface area contributed by atoms with Crippen LogP contribution in [0.25, 0.3) is 0 Å². The van der Waals surface area contributed by atoms with Gasteiger partial charge in [0.05, 0.1) is 0 Å². The Kier molecular flexibility index (Phi) is 8.71. The molecule has 35 heavy (non-hydrogen) atoms. The SMILES string of the molecule is Cc1c(CN2CCN(C(=O)C3CCCC3)[C@@H](C)C2)cc(Cl)cc1NC(=O)CCC(=O)N1CCCC1.